The van der Waals surface area contributed by atoms with Crippen molar-refractivity contribution in [3.8, 4) is 0 Å². The van der Waals surface area contributed by atoms with Crippen LogP contribution in [0, 0.1) is 0 Å². The van der Waals surface area contributed by atoms with E-state index in [4.69, 9.17) is 4.74 Å². The summed E-state index contributed by atoms with van der Waals surface area (Å²) in [6.07, 6.45) is 0. The molecule has 3 aromatic carbocycles. The van der Waals surface area contributed by atoms with Crippen LogP contribution in [-0.2, 0) is 19.4 Å². The number of rotatable bonds is 5. The maximum Gasteiger partial charge on any atom is 0.317 e. The van der Waals surface area contributed by atoms with Gasteiger partial charge in [0.2, 0.25) is 9.84 Å². The van der Waals surface area contributed by atoms with Crippen LogP contribution in [0.2, 0.25) is 0 Å². The van der Waals surface area contributed by atoms with Crippen LogP contribution >= 0.6 is 0 Å². The van der Waals surface area contributed by atoms with Gasteiger partial charge in [0, 0.05) is 0 Å². The summed E-state index contributed by atoms with van der Waals surface area (Å²) < 4.78 is 31.3. The molecule has 0 aliphatic carbocycles. The molecule has 0 heterocycles. The van der Waals surface area contributed by atoms with Gasteiger partial charge in [-0.2, -0.15) is 0 Å². The number of benzene rings is 3. The first-order chi connectivity index (χ1) is 12.6. The molecule has 5 heteroatoms. The predicted molar refractivity (Wildman–Crippen MR) is 98.6 cm³/mol. The molecule has 0 saturated heterocycles. The van der Waals surface area contributed by atoms with Gasteiger partial charge in [-0.3, -0.25) is 4.79 Å². The van der Waals surface area contributed by atoms with Crippen molar-refractivity contribution in [2.45, 2.75) is 15.7 Å². The fourth-order valence-electron chi connectivity index (χ4n) is 2.90. The van der Waals surface area contributed by atoms with E-state index in [0.717, 1.165) is 0 Å². The molecule has 0 unspecified atom stereocenters. The number of methoxy groups -OCH3 is 1. The third-order valence-electron chi connectivity index (χ3n) is 4.14. The molecule has 0 aliphatic rings. The topological polar surface area (TPSA) is 60.4 Å². The Balaban J connectivity index is 2.21. The van der Waals surface area contributed by atoms with E-state index in [1.165, 1.54) is 13.2 Å². The zero-order valence-electron chi connectivity index (χ0n) is 14.2. The van der Waals surface area contributed by atoms with Crippen LogP contribution in [0.25, 0.3) is 0 Å². The first-order valence-corrected chi connectivity index (χ1v) is 9.56. The molecule has 0 bridgehead atoms. The number of ether oxygens (including phenoxy) is 1. The SMILES string of the molecule is COC(=O)[C@H](c1ccccc1)c1ccccc1S(=O)(=O)c1ccccc1. The van der Waals surface area contributed by atoms with Crippen molar-refractivity contribution in [2.75, 3.05) is 7.11 Å². The van der Waals surface area contributed by atoms with Gasteiger partial charge in [0.15, 0.2) is 0 Å². The maximum absolute atomic E-state index is 13.1. The standard InChI is InChI=1S/C21H18O4S/c1-25-21(22)20(16-10-4-2-5-11-16)18-14-8-9-15-19(18)26(23,24)17-12-6-3-7-13-17/h2-15,20H,1H3/t20-/m1/s1. The van der Waals surface area contributed by atoms with E-state index in [2.05, 4.69) is 0 Å². The molecule has 3 rings (SSSR count). The Hall–Kier alpha value is -2.92. The Morgan fingerprint density at radius 2 is 1.35 bits per heavy atom. The predicted octanol–water partition coefficient (Wildman–Crippen LogP) is 3.82. The molecule has 0 spiro atoms. The summed E-state index contributed by atoms with van der Waals surface area (Å²) in [5.41, 5.74) is 1.07. The van der Waals surface area contributed by atoms with Gasteiger partial charge in [-0.15, -0.1) is 0 Å². The largest absolute Gasteiger partial charge is 0.468 e. The van der Waals surface area contributed by atoms with E-state index in [9.17, 15) is 13.2 Å². The summed E-state index contributed by atoms with van der Waals surface area (Å²) >= 11 is 0. The molecule has 0 saturated carbocycles. The van der Waals surface area contributed by atoms with Crippen LogP contribution in [0.15, 0.2) is 94.7 Å². The third kappa shape index (κ3) is 3.39. The highest BCUT2D eigenvalue weighted by molar-refractivity contribution is 7.91. The van der Waals surface area contributed by atoms with E-state index in [0.29, 0.717) is 11.1 Å². The number of hydrogen-bond acceptors (Lipinski definition) is 4. The van der Waals surface area contributed by atoms with Crippen LogP contribution in [0.5, 0.6) is 0 Å². The monoisotopic (exact) mass is 366 g/mol. The summed E-state index contributed by atoms with van der Waals surface area (Å²) in [6, 6.07) is 23.8. The number of sulfone groups is 1. The summed E-state index contributed by atoms with van der Waals surface area (Å²) in [5, 5.41) is 0. The van der Waals surface area contributed by atoms with E-state index in [1.807, 2.05) is 6.07 Å². The van der Waals surface area contributed by atoms with E-state index >= 15 is 0 Å². The maximum atomic E-state index is 13.1. The Morgan fingerprint density at radius 3 is 1.96 bits per heavy atom. The Labute approximate surface area is 153 Å². The smallest absolute Gasteiger partial charge is 0.317 e. The summed E-state index contributed by atoms with van der Waals surface area (Å²) in [5.74, 6) is -1.33. The molecule has 0 amide bonds. The summed E-state index contributed by atoms with van der Waals surface area (Å²) in [7, 11) is -2.47. The van der Waals surface area contributed by atoms with Crippen molar-refractivity contribution in [2.24, 2.45) is 0 Å². The average molecular weight is 366 g/mol. The van der Waals surface area contributed by atoms with Gasteiger partial charge in [-0.05, 0) is 29.3 Å². The second kappa shape index (κ2) is 7.54. The van der Waals surface area contributed by atoms with Gasteiger partial charge in [0.25, 0.3) is 0 Å². The molecule has 0 aliphatic heterocycles. The van der Waals surface area contributed by atoms with Crippen LogP contribution in [-0.4, -0.2) is 21.5 Å². The minimum absolute atomic E-state index is 0.102. The van der Waals surface area contributed by atoms with Crippen molar-refractivity contribution in [3.05, 3.63) is 96.1 Å². The van der Waals surface area contributed by atoms with Gasteiger partial charge >= 0.3 is 5.97 Å². The molecule has 0 aromatic heterocycles. The second-order valence-electron chi connectivity index (χ2n) is 5.72. The highest BCUT2D eigenvalue weighted by Gasteiger charge is 2.30. The first kappa shape index (κ1) is 17.9. The Kier molecular flexibility index (Phi) is 5.19. The lowest BCUT2D eigenvalue weighted by atomic mass is 9.91. The highest BCUT2D eigenvalue weighted by Crippen LogP contribution is 2.33. The Bertz CT molecular complexity index is 996. The quantitative estimate of drug-likeness (QED) is 0.644. The van der Waals surface area contributed by atoms with Crippen molar-refractivity contribution in [1.82, 2.24) is 0 Å². The van der Waals surface area contributed by atoms with Gasteiger partial charge in [0.1, 0.15) is 5.92 Å². The minimum Gasteiger partial charge on any atom is -0.468 e. The van der Waals surface area contributed by atoms with Crippen molar-refractivity contribution in [1.29, 1.82) is 0 Å². The molecule has 0 N–H and O–H groups in total. The first-order valence-electron chi connectivity index (χ1n) is 8.07. The molecular weight excluding hydrogens is 348 g/mol. The summed E-state index contributed by atoms with van der Waals surface area (Å²) in [4.78, 5) is 12.8. The molecule has 1 atom stereocenters. The van der Waals surface area contributed by atoms with Gasteiger partial charge in [-0.25, -0.2) is 8.42 Å². The zero-order chi connectivity index (χ0) is 18.6. The van der Waals surface area contributed by atoms with Crippen molar-refractivity contribution >= 4 is 15.8 Å². The van der Waals surface area contributed by atoms with Crippen LogP contribution < -0.4 is 0 Å². The van der Waals surface area contributed by atoms with Gasteiger partial charge < -0.3 is 4.74 Å². The minimum atomic E-state index is -3.77. The third-order valence-corrected chi connectivity index (χ3v) is 5.99. The van der Waals surface area contributed by atoms with E-state index in [-0.39, 0.29) is 9.79 Å². The van der Waals surface area contributed by atoms with Crippen LogP contribution in [0.3, 0.4) is 0 Å². The molecule has 0 fully saturated rings. The van der Waals surface area contributed by atoms with E-state index in [1.54, 1.807) is 72.8 Å². The summed E-state index contributed by atoms with van der Waals surface area (Å²) in [6.45, 7) is 0. The zero-order valence-corrected chi connectivity index (χ0v) is 15.0. The lowest BCUT2D eigenvalue weighted by Crippen LogP contribution is -2.18. The number of esters is 1. The molecule has 0 radical (unpaired) electrons. The molecule has 132 valence electrons. The van der Waals surface area contributed by atoms with Crippen molar-refractivity contribution in [3.63, 3.8) is 0 Å². The normalized spacial score (nSPS) is 12.3. The number of carbonyl (C=O) groups excluding carboxylic acids is 1. The van der Waals surface area contributed by atoms with Crippen LogP contribution in [0.1, 0.15) is 17.0 Å². The molecule has 4 nitrogen and oxygen atoms in total. The Morgan fingerprint density at radius 1 is 0.808 bits per heavy atom. The lowest BCUT2D eigenvalue weighted by Gasteiger charge is -2.19. The lowest BCUT2D eigenvalue weighted by molar-refractivity contribution is -0.141. The van der Waals surface area contributed by atoms with E-state index < -0.39 is 21.7 Å². The van der Waals surface area contributed by atoms with Gasteiger partial charge in [0.05, 0.1) is 16.9 Å². The fraction of sp³-hybridized carbons (Fsp3) is 0.0952. The fourth-order valence-corrected chi connectivity index (χ4v) is 4.42. The average Bonchev–Trinajstić information content (AvgIpc) is 2.70. The molecular formula is C21H18O4S. The molecule has 3 aromatic rings. The number of carbonyl (C=O) groups is 1. The highest BCUT2D eigenvalue weighted by atomic mass is 32.2. The van der Waals surface area contributed by atoms with Crippen LogP contribution in [0.4, 0.5) is 0 Å². The number of hydrogen-bond donors (Lipinski definition) is 0. The van der Waals surface area contributed by atoms with Gasteiger partial charge in [-0.1, -0.05) is 66.7 Å². The molecule has 26 heavy (non-hydrogen) atoms. The second-order valence-corrected chi connectivity index (χ2v) is 7.64. The van der Waals surface area contributed by atoms with Crippen molar-refractivity contribution < 1.29 is 17.9 Å².